The van der Waals surface area contributed by atoms with Crippen molar-refractivity contribution in [3.8, 4) is 5.75 Å². The largest absolute Gasteiger partial charge is 0.475 e. The fourth-order valence-corrected chi connectivity index (χ4v) is 5.06. The standard InChI is InChI=1S/C26H27F7N4O3/c1-24(2,40-20-9-15(26(31,32)33)4-7-19(20)27)23(39)36-16-10-17-5-6-18(11-16)37(17)21-8-3-14(12-34-21)22(38)35-13-25(28,29)30/h3-4,7-9,12,16-18H,5-6,10-11,13H2,1-2H3,(H,35,38)(H,36,39)/t16-,17+,18-. The summed E-state index contributed by atoms with van der Waals surface area (Å²) >= 11 is 0. The van der Waals surface area contributed by atoms with E-state index in [1.54, 1.807) is 11.4 Å². The first-order chi connectivity index (χ1) is 18.5. The highest BCUT2D eigenvalue weighted by molar-refractivity contribution is 5.94. The number of nitrogens with zero attached hydrogens (tertiary/aromatic N) is 2. The van der Waals surface area contributed by atoms with Crippen molar-refractivity contribution >= 4 is 17.6 Å². The third-order valence-corrected chi connectivity index (χ3v) is 6.96. The van der Waals surface area contributed by atoms with Gasteiger partial charge in [0.05, 0.1) is 11.1 Å². The van der Waals surface area contributed by atoms with Crippen LogP contribution in [0.2, 0.25) is 0 Å². The summed E-state index contributed by atoms with van der Waals surface area (Å²) in [6, 6.07) is 4.36. The van der Waals surface area contributed by atoms with Gasteiger partial charge in [-0.1, -0.05) is 0 Å². The maximum absolute atomic E-state index is 14.2. The first-order valence-corrected chi connectivity index (χ1v) is 12.5. The van der Waals surface area contributed by atoms with Crippen molar-refractivity contribution < 1.29 is 45.1 Å². The first-order valence-electron chi connectivity index (χ1n) is 12.5. The van der Waals surface area contributed by atoms with Crippen LogP contribution in [0, 0.1) is 5.82 Å². The summed E-state index contributed by atoms with van der Waals surface area (Å²) in [6.07, 6.45) is -5.40. The normalized spacial score (nSPS) is 21.2. The number of ether oxygens (including phenoxy) is 1. The number of halogens is 7. The number of aromatic nitrogens is 1. The summed E-state index contributed by atoms with van der Waals surface area (Å²) in [7, 11) is 0. The molecule has 7 nitrogen and oxygen atoms in total. The molecule has 4 rings (SSSR count). The molecule has 40 heavy (non-hydrogen) atoms. The van der Waals surface area contributed by atoms with E-state index in [0.717, 1.165) is 12.8 Å². The van der Waals surface area contributed by atoms with Crippen LogP contribution >= 0.6 is 0 Å². The number of carbonyl (C=O) groups is 2. The molecule has 218 valence electrons. The van der Waals surface area contributed by atoms with Crippen LogP contribution in [0.4, 0.5) is 36.6 Å². The van der Waals surface area contributed by atoms with E-state index in [2.05, 4.69) is 15.2 Å². The van der Waals surface area contributed by atoms with Gasteiger partial charge in [0, 0.05) is 24.3 Å². The Morgan fingerprint density at radius 2 is 1.68 bits per heavy atom. The Hall–Kier alpha value is -3.58. The van der Waals surface area contributed by atoms with Gasteiger partial charge in [0.25, 0.3) is 11.8 Å². The van der Waals surface area contributed by atoms with Crippen LogP contribution in [-0.4, -0.2) is 53.2 Å². The van der Waals surface area contributed by atoms with Crippen molar-refractivity contribution in [3.05, 3.63) is 53.5 Å². The van der Waals surface area contributed by atoms with Crippen LogP contribution in [0.3, 0.4) is 0 Å². The predicted octanol–water partition coefficient (Wildman–Crippen LogP) is 5.01. The lowest BCUT2D eigenvalue weighted by atomic mass is 9.96. The molecule has 2 N–H and O–H groups in total. The minimum Gasteiger partial charge on any atom is -0.475 e. The van der Waals surface area contributed by atoms with Gasteiger partial charge in [-0.3, -0.25) is 9.59 Å². The molecule has 0 unspecified atom stereocenters. The second-order valence-corrected chi connectivity index (χ2v) is 10.4. The summed E-state index contributed by atoms with van der Waals surface area (Å²) in [5.41, 5.74) is -2.79. The Bertz CT molecular complexity index is 1230. The van der Waals surface area contributed by atoms with Crippen LogP contribution in [0.5, 0.6) is 5.75 Å². The molecule has 2 amide bonds. The van der Waals surface area contributed by atoms with E-state index < -0.39 is 53.4 Å². The second kappa shape index (κ2) is 10.8. The fraction of sp³-hybridized carbons (Fsp3) is 0.500. The number of hydrogen-bond acceptors (Lipinski definition) is 5. The number of carbonyl (C=O) groups excluding carboxylic acids is 2. The maximum atomic E-state index is 14.2. The lowest BCUT2D eigenvalue weighted by Gasteiger charge is -2.40. The molecule has 3 atom stereocenters. The number of amides is 2. The Labute approximate surface area is 225 Å². The summed E-state index contributed by atoms with van der Waals surface area (Å²) in [5.74, 6) is -2.68. The van der Waals surface area contributed by atoms with E-state index in [1.165, 1.54) is 26.1 Å². The Morgan fingerprint density at radius 3 is 2.23 bits per heavy atom. The Balaban J connectivity index is 1.37. The second-order valence-electron chi connectivity index (χ2n) is 10.4. The lowest BCUT2D eigenvalue weighted by Crippen LogP contribution is -2.55. The van der Waals surface area contributed by atoms with Crippen molar-refractivity contribution in [1.82, 2.24) is 15.6 Å². The molecule has 2 aliphatic rings. The summed E-state index contributed by atoms with van der Waals surface area (Å²) in [6.45, 7) is 1.22. The van der Waals surface area contributed by atoms with Gasteiger partial charge in [0.2, 0.25) is 0 Å². The van der Waals surface area contributed by atoms with Gasteiger partial charge in [-0.25, -0.2) is 9.37 Å². The zero-order valence-electron chi connectivity index (χ0n) is 21.5. The highest BCUT2D eigenvalue weighted by Gasteiger charge is 2.43. The lowest BCUT2D eigenvalue weighted by molar-refractivity contribution is -0.138. The third-order valence-electron chi connectivity index (χ3n) is 6.96. The maximum Gasteiger partial charge on any atom is 0.416 e. The number of fused-ring (bicyclic) bond motifs is 2. The molecule has 2 aliphatic heterocycles. The van der Waals surface area contributed by atoms with Crippen LogP contribution < -0.4 is 20.3 Å². The highest BCUT2D eigenvalue weighted by atomic mass is 19.4. The zero-order chi connectivity index (χ0) is 29.5. The predicted molar refractivity (Wildman–Crippen MR) is 129 cm³/mol. The number of rotatable bonds is 7. The smallest absolute Gasteiger partial charge is 0.416 e. The fourth-order valence-electron chi connectivity index (χ4n) is 5.06. The Kier molecular flexibility index (Phi) is 7.92. The van der Waals surface area contributed by atoms with Gasteiger partial charge in [0.1, 0.15) is 12.4 Å². The first kappa shape index (κ1) is 29.4. The monoisotopic (exact) mass is 576 g/mol. The molecule has 0 saturated carbocycles. The molecular weight excluding hydrogens is 549 g/mol. The van der Waals surface area contributed by atoms with Gasteiger partial charge in [-0.05, 0) is 69.9 Å². The van der Waals surface area contributed by atoms with E-state index in [4.69, 9.17) is 4.74 Å². The van der Waals surface area contributed by atoms with Crippen LogP contribution in [-0.2, 0) is 11.0 Å². The SMILES string of the molecule is CC(C)(Oc1cc(C(F)(F)F)ccc1F)C(=O)N[C@H]1C[C@H]2CC[C@@H](C1)N2c1ccc(C(=O)NCC(F)(F)F)cn1. The van der Waals surface area contributed by atoms with Gasteiger partial charge in [-0.2, -0.15) is 26.3 Å². The van der Waals surface area contributed by atoms with Crippen molar-refractivity contribution in [3.63, 3.8) is 0 Å². The number of anilines is 1. The molecule has 1 aromatic heterocycles. The van der Waals surface area contributed by atoms with Crippen molar-refractivity contribution in [2.24, 2.45) is 0 Å². The molecule has 2 aromatic rings. The van der Waals surface area contributed by atoms with E-state index in [-0.39, 0.29) is 23.7 Å². The molecule has 2 saturated heterocycles. The summed E-state index contributed by atoms with van der Waals surface area (Å²) in [4.78, 5) is 31.3. The molecule has 2 fully saturated rings. The van der Waals surface area contributed by atoms with E-state index in [9.17, 15) is 40.3 Å². The number of pyridine rings is 1. The third kappa shape index (κ3) is 6.76. The van der Waals surface area contributed by atoms with Gasteiger partial charge >= 0.3 is 12.4 Å². The number of benzene rings is 1. The van der Waals surface area contributed by atoms with Crippen LogP contribution in [0.1, 0.15) is 55.5 Å². The molecular formula is C26H27F7N4O3. The molecule has 1 aromatic carbocycles. The Morgan fingerprint density at radius 1 is 1.02 bits per heavy atom. The van der Waals surface area contributed by atoms with E-state index >= 15 is 0 Å². The average Bonchev–Trinajstić information content (AvgIpc) is 3.12. The van der Waals surface area contributed by atoms with Crippen molar-refractivity contribution in [2.75, 3.05) is 11.4 Å². The minimum absolute atomic E-state index is 0.0121. The number of nitrogens with one attached hydrogen (secondary N) is 2. The van der Waals surface area contributed by atoms with Gasteiger partial charge in [-0.15, -0.1) is 0 Å². The van der Waals surface area contributed by atoms with Crippen LogP contribution in [0.25, 0.3) is 0 Å². The number of piperidine rings is 1. The van der Waals surface area contributed by atoms with Gasteiger partial charge < -0.3 is 20.3 Å². The van der Waals surface area contributed by atoms with Crippen molar-refractivity contribution in [2.45, 2.75) is 75.6 Å². The molecule has 0 spiro atoms. The molecule has 2 bridgehead atoms. The molecule has 3 heterocycles. The number of hydrogen-bond donors (Lipinski definition) is 2. The molecule has 0 aliphatic carbocycles. The highest BCUT2D eigenvalue weighted by Crippen LogP contribution is 2.39. The van der Waals surface area contributed by atoms with Crippen LogP contribution in [0.15, 0.2) is 36.5 Å². The minimum atomic E-state index is -4.71. The topological polar surface area (TPSA) is 83.6 Å². The van der Waals surface area contributed by atoms with E-state index in [1.807, 2.05) is 0 Å². The molecule has 14 heteroatoms. The number of alkyl halides is 6. The summed E-state index contributed by atoms with van der Waals surface area (Å²) in [5, 5.41) is 4.66. The van der Waals surface area contributed by atoms with Crippen molar-refractivity contribution in [1.29, 1.82) is 0 Å². The summed E-state index contributed by atoms with van der Waals surface area (Å²) < 4.78 is 95.7. The molecule has 0 radical (unpaired) electrons. The quantitative estimate of drug-likeness (QED) is 0.454. The zero-order valence-corrected chi connectivity index (χ0v) is 21.5. The van der Waals surface area contributed by atoms with E-state index in [0.29, 0.717) is 36.9 Å². The average molecular weight is 577 g/mol. The van der Waals surface area contributed by atoms with Gasteiger partial charge in [0.15, 0.2) is 17.2 Å².